The number of thiazole rings is 1. The lowest BCUT2D eigenvalue weighted by Crippen LogP contribution is -2.43. The third-order valence-electron chi connectivity index (χ3n) is 5.98. The summed E-state index contributed by atoms with van der Waals surface area (Å²) >= 11 is 7.77. The molecule has 1 aromatic heterocycles. The van der Waals surface area contributed by atoms with Gasteiger partial charge in [-0.2, -0.15) is 0 Å². The first kappa shape index (κ1) is 27.7. The quantitative estimate of drug-likeness (QED) is 0.287. The van der Waals surface area contributed by atoms with E-state index in [9.17, 15) is 4.79 Å². The zero-order valence-electron chi connectivity index (χ0n) is 20.3. The van der Waals surface area contributed by atoms with Crippen LogP contribution in [-0.4, -0.2) is 61.8 Å². The van der Waals surface area contributed by atoms with Crippen molar-refractivity contribution in [3.8, 4) is 5.75 Å². The average Bonchev–Trinajstić information content (AvgIpc) is 3.27. The van der Waals surface area contributed by atoms with Crippen molar-refractivity contribution in [2.75, 3.05) is 50.9 Å². The van der Waals surface area contributed by atoms with E-state index in [4.69, 9.17) is 26.1 Å². The van der Waals surface area contributed by atoms with E-state index >= 15 is 0 Å². The van der Waals surface area contributed by atoms with Crippen molar-refractivity contribution in [2.24, 2.45) is 0 Å². The van der Waals surface area contributed by atoms with Gasteiger partial charge in [-0.3, -0.25) is 14.6 Å². The molecule has 2 aromatic carbocycles. The number of halogens is 2. The Kier molecular flexibility index (Phi) is 10.6. The van der Waals surface area contributed by atoms with E-state index < -0.39 is 0 Å². The molecule has 0 saturated carbocycles. The van der Waals surface area contributed by atoms with Gasteiger partial charge in [0.25, 0.3) is 5.91 Å². The van der Waals surface area contributed by atoms with Crippen molar-refractivity contribution in [1.29, 1.82) is 0 Å². The van der Waals surface area contributed by atoms with Crippen LogP contribution < -0.4 is 9.64 Å². The lowest BCUT2D eigenvalue weighted by molar-refractivity contribution is 0.0391. The smallest absolute Gasteiger partial charge is 0.260 e. The number of carbonyl (C=O) groups excluding carboxylic acids is 1. The van der Waals surface area contributed by atoms with Gasteiger partial charge in [0.2, 0.25) is 0 Å². The first-order valence-electron chi connectivity index (χ1n) is 12.0. The second-order valence-corrected chi connectivity index (χ2v) is 10.0. The summed E-state index contributed by atoms with van der Waals surface area (Å²) in [6.07, 6.45) is 3.35. The highest BCUT2D eigenvalue weighted by atomic mass is 35.5. The molecule has 0 bridgehead atoms. The standard InChI is InChI=1S/C26H32ClN3O3S.ClH/c1-3-4-5-14-33-22-8-6-20(7-9-22)25(31)30(11-10-29-12-15-32-16-13-29)26-28-24-19(2)17-21(27)18-23(24)34-26;/h6-9,17-18H,3-5,10-16H2,1-2H3;1H. The molecule has 9 heteroatoms. The molecule has 1 aliphatic rings. The third-order valence-corrected chi connectivity index (χ3v) is 7.22. The van der Waals surface area contributed by atoms with Crippen LogP contribution in [0.5, 0.6) is 5.75 Å². The number of anilines is 1. The van der Waals surface area contributed by atoms with Crippen LogP contribution in [0.2, 0.25) is 5.02 Å². The van der Waals surface area contributed by atoms with E-state index in [1.165, 1.54) is 11.3 Å². The second kappa shape index (κ2) is 13.4. The van der Waals surface area contributed by atoms with Crippen molar-refractivity contribution < 1.29 is 14.3 Å². The van der Waals surface area contributed by atoms with Crippen molar-refractivity contribution in [3.05, 3.63) is 52.5 Å². The van der Waals surface area contributed by atoms with Gasteiger partial charge < -0.3 is 9.47 Å². The Labute approximate surface area is 222 Å². The number of nitrogens with zero attached hydrogens (tertiary/aromatic N) is 3. The van der Waals surface area contributed by atoms with Crippen LogP contribution >= 0.6 is 35.3 Å². The van der Waals surface area contributed by atoms with Gasteiger partial charge in [0, 0.05) is 36.8 Å². The minimum atomic E-state index is -0.0615. The largest absolute Gasteiger partial charge is 0.494 e. The molecule has 0 atom stereocenters. The van der Waals surface area contributed by atoms with Crippen molar-refractivity contribution in [3.63, 3.8) is 0 Å². The summed E-state index contributed by atoms with van der Waals surface area (Å²) in [7, 11) is 0. The minimum Gasteiger partial charge on any atom is -0.494 e. The number of amides is 1. The Hall–Kier alpha value is -1.90. The highest BCUT2D eigenvalue weighted by Crippen LogP contribution is 2.33. The van der Waals surface area contributed by atoms with Crippen LogP contribution in [0.15, 0.2) is 36.4 Å². The zero-order chi connectivity index (χ0) is 23.9. The second-order valence-electron chi connectivity index (χ2n) is 8.56. The molecule has 35 heavy (non-hydrogen) atoms. The number of hydrogen-bond acceptors (Lipinski definition) is 6. The molecule has 190 valence electrons. The topological polar surface area (TPSA) is 54.9 Å². The fourth-order valence-corrected chi connectivity index (χ4v) is 5.44. The van der Waals surface area contributed by atoms with Gasteiger partial charge in [-0.25, -0.2) is 4.98 Å². The Morgan fingerprint density at radius 3 is 2.66 bits per heavy atom. The number of rotatable bonds is 10. The number of benzene rings is 2. The minimum absolute atomic E-state index is 0. The summed E-state index contributed by atoms with van der Waals surface area (Å²) in [4.78, 5) is 22.6. The van der Waals surface area contributed by atoms with E-state index in [1.807, 2.05) is 43.3 Å². The Balaban J connectivity index is 0.00000342. The maximum absolute atomic E-state index is 13.6. The molecule has 0 N–H and O–H groups in total. The highest BCUT2D eigenvalue weighted by molar-refractivity contribution is 7.22. The number of hydrogen-bond donors (Lipinski definition) is 0. The number of ether oxygens (including phenoxy) is 2. The SMILES string of the molecule is CCCCCOc1ccc(C(=O)N(CCN2CCOCC2)c2nc3c(C)cc(Cl)cc3s2)cc1.Cl. The highest BCUT2D eigenvalue weighted by Gasteiger charge is 2.23. The first-order valence-corrected chi connectivity index (χ1v) is 13.2. The lowest BCUT2D eigenvalue weighted by atomic mass is 10.2. The fraction of sp³-hybridized carbons (Fsp3) is 0.462. The fourth-order valence-electron chi connectivity index (χ4n) is 4.00. The maximum atomic E-state index is 13.6. The van der Waals surface area contributed by atoms with Crippen LogP contribution in [0.3, 0.4) is 0 Å². The predicted octanol–water partition coefficient (Wildman–Crippen LogP) is 6.23. The predicted molar refractivity (Wildman–Crippen MR) is 147 cm³/mol. The molecule has 4 rings (SSSR count). The molecular formula is C26H33Cl2N3O3S. The van der Waals surface area contributed by atoms with Crippen LogP contribution in [0.25, 0.3) is 10.2 Å². The van der Waals surface area contributed by atoms with E-state index in [0.717, 1.165) is 73.6 Å². The van der Waals surface area contributed by atoms with Gasteiger partial charge in [0.1, 0.15) is 5.75 Å². The molecule has 1 amide bonds. The molecule has 1 fully saturated rings. The number of unbranched alkanes of at least 4 members (excludes halogenated alkanes) is 2. The monoisotopic (exact) mass is 537 g/mol. The number of aryl methyl sites for hydroxylation is 1. The maximum Gasteiger partial charge on any atom is 0.260 e. The summed E-state index contributed by atoms with van der Waals surface area (Å²) in [6.45, 7) is 9.40. The van der Waals surface area contributed by atoms with Crippen LogP contribution in [-0.2, 0) is 4.74 Å². The zero-order valence-corrected chi connectivity index (χ0v) is 22.7. The van der Waals surface area contributed by atoms with Crippen molar-refractivity contribution in [1.82, 2.24) is 9.88 Å². The van der Waals surface area contributed by atoms with Crippen LogP contribution in [0, 0.1) is 6.92 Å². The van der Waals surface area contributed by atoms with Crippen molar-refractivity contribution in [2.45, 2.75) is 33.1 Å². The molecule has 2 heterocycles. The summed E-state index contributed by atoms with van der Waals surface area (Å²) in [6, 6.07) is 11.3. The molecule has 0 spiro atoms. The van der Waals surface area contributed by atoms with E-state index in [2.05, 4.69) is 11.8 Å². The number of morpholine rings is 1. The van der Waals surface area contributed by atoms with E-state index in [1.54, 1.807) is 4.90 Å². The van der Waals surface area contributed by atoms with Gasteiger partial charge in [-0.1, -0.05) is 42.7 Å². The summed E-state index contributed by atoms with van der Waals surface area (Å²) in [5.74, 6) is 0.728. The molecule has 1 aliphatic heterocycles. The molecule has 6 nitrogen and oxygen atoms in total. The van der Waals surface area contributed by atoms with Gasteiger partial charge in [-0.15, -0.1) is 12.4 Å². The molecule has 0 radical (unpaired) electrons. The van der Waals surface area contributed by atoms with Gasteiger partial charge in [0.15, 0.2) is 5.13 Å². The summed E-state index contributed by atoms with van der Waals surface area (Å²) in [5.41, 5.74) is 2.52. The number of carbonyl (C=O) groups is 1. The Bertz CT molecular complexity index is 1100. The number of fused-ring (bicyclic) bond motifs is 1. The van der Waals surface area contributed by atoms with E-state index in [0.29, 0.717) is 28.9 Å². The average molecular weight is 539 g/mol. The molecule has 3 aromatic rings. The summed E-state index contributed by atoms with van der Waals surface area (Å²) < 4.78 is 12.3. The van der Waals surface area contributed by atoms with Gasteiger partial charge in [0.05, 0.1) is 30.0 Å². The first-order chi connectivity index (χ1) is 16.5. The molecule has 1 saturated heterocycles. The summed E-state index contributed by atoms with van der Waals surface area (Å²) in [5, 5.41) is 1.37. The number of aromatic nitrogens is 1. The Morgan fingerprint density at radius 2 is 1.94 bits per heavy atom. The lowest BCUT2D eigenvalue weighted by Gasteiger charge is -2.29. The van der Waals surface area contributed by atoms with Gasteiger partial charge >= 0.3 is 0 Å². The van der Waals surface area contributed by atoms with E-state index in [-0.39, 0.29) is 18.3 Å². The van der Waals surface area contributed by atoms with Crippen molar-refractivity contribution >= 4 is 56.6 Å². The molecular weight excluding hydrogens is 505 g/mol. The molecule has 0 aliphatic carbocycles. The Morgan fingerprint density at radius 1 is 1.20 bits per heavy atom. The molecule has 0 unspecified atom stereocenters. The normalized spacial score (nSPS) is 14.0. The third kappa shape index (κ3) is 7.30. The van der Waals surface area contributed by atoms with Gasteiger partial charge in [-0.05, 0) is 55.3 Å². The van der Waals surface area contributed by atoms with Crippen LogP contribution in [0.1, 0.15) is 42.1 Å². The van der Waals surface area contributed by atoms with Crippen LogP contribution in [0.4, 0.5) is 5.13 Å².